The minimum atomic E-state index is -0.607. The van der Waals surface area contributed by atoms with E-state index in [9.17, 15) is 5.26 Å². The zero-order valence-electron chi connectivity index (χ0n) is 10.9. The Bertz CT molecular complexity index is 397. The third-order valence-electron chi connectivity index (χ3n) is 2.81. The molecule has 2 N–H and O–H groups in total. The molecular weight excluding hydrogens is 228 g/mol. The second-order valence-corrected chi connectivity index (χ2v) is 4.47. The quantitative estimate of drug-likeness (QED) is 0.718. The predicted octanol–water partition coefficient (Wildman–Crippen LogP) is 1.49. The third kappa shape index (κ3) is 4.36. The van der Waals surface area contributed by atoms with E-state index in [4.69, 9.17) is 9.84 Å². The highest BCUT2D eigenvalue weighted by Crippen LogP contribution is 2.16. The summed E-state index contributed by atoms with van der Waals surface area (Å²) in [5.41, 5.74) is 0.473. The van der Waals surface area contributed by atoms with Crippen molar-refractivity contribution in [2.24, 2.45) is 0 Å². The van der Waals surface area contributed by atoms with Crippen molar-refractivity contribution in [3.05, 3.63) is 29.8 Å². The first kappa shape index (κ1) is 14.5. The molecule has 1 aromatic rings. The lowest BCUT2D eigenvalue weighted by Gasteiger charge is -2.23. The summed E-state index contributed by atoms with van der Waals surface area (Å²) in [5.74, 6) is 0.811. The van der Waals surface area contributed by atoms with Gasteiger partial charge in [0.1, 0.15) is 11.3 Å². The molecule has 0 aromatic heterocycles. The Balaban J connectivity index is 2.63. The standard InChI is InChI=1S/C14H20N2O2/c1-14(11-15,16-8-3-9-17)10-12-4-6-13(18-2)7-5-12/h4-7,16-17H,3,8-10H2,1-2H3. The number of hydrogen-bond acceptors (Lipinski definition) is 4. The molecular formula is C14H20N2O2. The predicted molar refractivity (Wildman–Crippen MR) is 70.4 cm³/mol. The first-order valence-corrected chi connectivity index (χ1v) is 6.03. The SMILES string of the molecule is COc1ccc(CC(C)(C#N)NCCCO)cc1. The van der Waals surface area contributed by atoms with Gasteiger partial charge in [0.15, 0.2) is 0 Å². The summed E-state index contributed by atoms with van der Waals surface area (Å²) in [6.45, 7) is 2.64. The van der Waals surface area contributed by atoms with Gasteiger partial charge in [-0.3, -0.25) is 5.32 Å². The van der Waals surface area contributed by atoms with E-state index in [-0.39, 0.29) is 6.61 Å². The van der Waals surface area contributed by atoms with Crippen LogP contribution in [-0.2, 0) is 6.42 Å². The van der Waals surface area contributed by atoms with Gasteiger partial charge in [-0.2, -0.15) is 5.26 Å². The van der Waals surface area contributed by atoms with E-state index in [0.717, 1.165) is 11.3 Å². The summed E-state index contributed by atoms with van der Waals surface area (Å²) in [7, 11) is 1.63. The fraction of sp³-hybridized carbons (Fsp3) is 0.500. The van der Waals surface area contributed by atoms with Crippen molar-refractivity contribution in [2.45, 2.75) is 25.3 Å². The average Bonchev–Trinajstić information content (AvgIpc) is 2.40. The number of nitrogens with zero attached hydrogens (tertiary/aromatic N) is 1. The Morgan fingerprint density at radius 1 is 1.39 bits per heavy atom. The second-order valence-electron chi connectivity index (χ2n) is 4.47. The van der Waals surface area contributed by atoms with Gasteiger partial charge < -0.3 is 9.84 Å². The van der Waals surface area contributed by atoms with Crippen molar-refractivity contribution in [3.8, 4) is 11.8 Å². The third-order valence-corrected chi connectivity index (χ3v) is 2.81. The van der Waals surface area contributed by atoms with E-state index in [1.807, 2.05) is 31.2 Å². The van der Waals surface area contributed by atoms with Crippen molar-refractivity contribution < 1.29 is 9.84 Å². The normalized spacial score (nSPS) is 13.7. The van der Waals surface area contributed by atoms with E-state index < -0.39 is 5.54 Å². The van der Waals surface area contributed by atoms with Gasteiger partial charge in [-0.25, -0.2) is 0 Å². The highest BCUT2D eigenvalue weighted by molar-refractivity contribution is 5.29. The number of aliphatic hydroxyl groups is 1. The summed E-state index contributed by atoms with van der Waals surface area (Å²) < 4.78 is 5.10. The molecule has 0 aliphatic heterocycles. The second kappa shape index (κ2) is 7.00. The minimum Gasteiger partial charge on any atom is -0.497 e. The van der Waals surface area contributed by atoms with Gasteiger partial charge in [-0.05, 0) is 37.6 Å². The topological polar surface area (TPSA) is 65.3 Å². The number of methoxy groups -OCH3 is 1. The highest BCUT2D eigenvalue weighted by Gasteiger charge is 2.23. The Hall–Kier alpha value is -1.57. The number of ether oxygens (including phenoxy) is 1. The smallest absolute Gasteiger partial charge is 0.118 e. The molecule has 1 rings (SSSR count). The van der Waals surface area contributed by atoms with Crippen molar-refractivity contribution in [1.29, 1.82) is 5.26 Å². The summed E-state index contributed by atoms with van der Waals surface area (Å²) in [6.07, 6.45) is 1.28. The molecule has 98 valence electrons. The highest BCUT2D eigenvalue weighted by atomic mass is 16.5. The zero-order valence-corrected chi connectivity index (χ0v) is 10.9. The Morgan fingerprint density at radius 3 is 2.56 bits per heavy atom. The number of hydrogen-bond donors (Lipinski definition) is 2. The van der Waals surface area contributed by atoms with Crippen LogP contribution in [0.25, 0.3) is 0 Å². The molecule has 1 unspecified atom stereocenters. The van der Waals surface area contributed by atoms with E-state index in [0.29, 0.717) is 19.4 Å². The van der Waals surface area contributed by atoms with Crippen LogP contribution in [0.1, 0.15) is 18.9 Å². The van der Waals surface area contributed by atoms with Crippen LogP contribution >= 0.6 is 0 Å². The number of benzene rings is 1. The summed E-state index contributed by atoms with van der Waals surface area (Å²) >= 11 is 0. The lowest BCUT2D eigenvalue weighted by Crippen LogP contribution is -2.43. The first-order chi connectivity index (χ1) is 8.63. The molecule has 0 amide bonds. The van der Waals surface area contributed by atoms with Crippen molar-refractivity contribution in [3.63, 3.8) is 0 Å². The molecule has 0 saturated carbocycles. The van der Waals surface area contributed by atoms with Gasteiger partial charge in [0.25, 0.3) is 0 Å². The van der Waals surface area contributed by atoms with Crippen molar-refractivity contribution in [1.82, 2.24) is 5.32 Å². The molecule has 0 aliphatic carbocycles. The molecule has 18 heavy (non-hydrogen) atoms. The van der Waals surface area contributed by atoms with Crippen LogP contribution in [0.4, 0.5) is 0 Å². The fourth-order valence-electron chi connectivity index (χ4n) is 1.74. The molecule has 4 nitrogen and oxygen atoms in total. The van der Waals surface area contributed by atoms with Crippen molar-refractivity contribution >= 4 is 0 Å². The average molecular weight is 248 g/mol. The maximum atomic E-state index is 9.25. The monoisotopic (exact) mass is 248 g/mol. The Kier molecular flexibility index (Phi) is 5.63. The van der Waals surface area contributed by atoms with E-state index in [1.54, 1.807) is 7.11 Å². The lowest BCUT2D eigenvalue weighted by molar-refractivity contribution is 0.279. The molecule has 0 bridgehead atoms. The van der Waals surface area contributed by atoms with Gasteiger partial charge in [0.2, 0.25) is 0 Å². The van der Waals surface area contributed by atoms with E-state index in [2.05, 4.69) is 11.4 Å². The summed E-state index contributed by atoms with van der Waals surface area (Å²) in [4.78, 5) is 0. The maximum Gasteiger partial charge on any atom is 0.118 e. The van der Waals surface area contributed by atoms with Crippen LogP contribution in [0.2, 0.25) is 0 Å². The van der Waals surface area contributed by atoms with Crippen LogP contribution in [0, 0.1) is 11.3 Å². The van der Waals surface area contributed by atoms with Crippen LogP contribution in [-0.4, -0.2) is 30.9 Å². The van der Waals surface area contributed by atoms with Gasteiger partial charge >= 0.3 is 0 Å². The van der Waals surface area contributed by atoms with Crippen LogP contribution in [0.15, 0.2) is 24.3 Å². The number of nitrogens with one attached hydrogen (secondary N) is 1. The largest absolute Gasteiger partial charge is 0.497 e. The molecule has 0 aliphatic rings. The number of rotatable bonds is 7. The van der Waals surface area contributed by atoms with Gasteiger partial charge in [0, 0.05) is 13.0 Å². The molecule has 0 saturated heterocycles. The molecule has 0 radical (unpaired) electrons. The van der Waals surface area contributed by atoms with E-state index in [1.165, 1.54) is 0 Å². The summed E-state index contributed by atoms with van der Waals surface area (Å²) in [6, 6.07) is 9.99. The number of nitriles is 1. The van der Waals surface area contributed by atoms with Gasteiger partial charge in [-0.15, -0.1) is 0 Å². The molecule has 0 heterocycles. The fourth-order valence-corrected chi connectivity index (χ4v) is 1.74. The van der Waals surface area contributed by atoms with Crippen molar-refractivity contribution in [2.75, 3.05) is 20.3 Å². The first-order valence-electron chi connectivity index (χ1n) is 6.03. The van der Waals surface area contributed by atoms with Gasteiger partial charge in [0.05, 0.1) is 13.2 Å². The Labute approximate surface area is 108 Å². The maximum absolute atomic E-state index is 9.25. The molecule has 0 fully saturated rings. The van der Waals surface area contributed by atoms with Gasteiger partial charge in [-0.1, -0.05) is 12.1 Å². The molecule has 1 aromatic carbocycles. The minimum absolute atomic E-state index is 0.136. The molecule has 4 heteroatoms. The molecule has 1 atom stereocenters. The van der Waals surface area contributed by atoms with Crippen LogP contribution < -0.4 is 10.1 Å². The Morgan fingerprint density at radius 2 is 2.06 bits per heavy atom. The van der Waals surface area contributed by atoms with Crippen LogP contribution in [0.3, 0.4) is 0 Å². The zero-order chi connectivity index (χ0) is 13.4. The summed E-state index contributed by atoms with van der Waals surface area (Å²) in [5, 5.41) is 21.2. The van der Waals surface area contributed by atoms with Crippen LogP contribution in [0.5, 0.6) is 5.75 Å². The molecule has 0 spiro atoms. The number of aliphatic hydroxyl groups excluding tert-OH is 1. The van der Waals surface area contributed by atoms with E-state index >= 15 is 0 Å². The lowest BCUT2D eigenvalue weighted by atomic mass is 9.94.